The van der Waals surface area contributed by atoms with Gasteiger partial charge in [-0.05, 0) is 120 Å². The molecule has 0 amide bonds. The highest BCUT2D eigenvalue weighted by Gasteiger charge is 2.27. The van der Waals surface area contributed by atoms with Gasteiger partial charge in [-0.3, -0.25) is 0 Å². The molecule has 1 fully saturated rings. The Morgan fingerprint density at radius 3 is 1.72 bits per heavy atom. The van der Waals surface area contributed by atoms with E-state index < -0.39 is 5.89 Å². The van der Waals surface area contributed by atoms with Gasteiger partial charge in [0.25, 0.3) is 0 Å². The first kappa shape index (κ1) is 23.8. The Morgan fingerprint density at radius 2 is 0.977 bits per heavy atom. The van der Waals surface area contributed by atoms with Gasteiger partial charge in [0.15, 0.2) is 0 Å². The fraction of sp³-hybridized carbons (Fsp3) is 0.163. The van der Waals surface area contributed by atoms with Crippen molar-refractivity contribution in [2.75, 3.05) is 0 Å². The fourth-order valence-corrected chi connectivity index (χ4v) is 8.04. The van der Waals surface area contributed by atoms with Gasteiger partial charge in [-0.1, -0.05) is 135 Å². The monoisotopic (exact) mass is 551 g/mol. The summed E-state index contributed by atoms with van der Waals surface area (Å²) in [5.41, 5.74) is 11.8. The maximum absolute atomic E-state index is 9.43. The van der Waals surface area contributed by atoms with E-state index >= 15 is 0 Å². The highest BCUT2D eigenvalue weighted by atomic mass is 14.3. The Balaban J connectivity index is 1.15. The Kier molecular flexibility index (Phi) is 5.52. The molecule has 43 heavy (non-hydrogen) atoms. The van der Waals surface area contributed by atoms with Crippen molar-refractivity contribution in [3.05, 3.63) is 144 Å². The van der Waals surface area contributed by atoms with Gasteiger partial charge < -0.3 is 0 Å². The molecule has 7 aromatic rings. The quantitative estimate of drug-likeness (QED) is 0.192. The molecule has 2 aliphatic carbocycles. The summed E-state index contributed by atoms with van der Waals surface area (Å²) in [6.07, 6.45) is 6.46. The van der Waals surface area contributed by atoms with E-state index in [1.807, 2.05) is 0 Å². The van der Waals surface area contributed by atoms with Crippen LogP contribution in [0, 0.1) is 0 Å². The van der Waals surface area contributed by atoms with Gasteiger partial charge in [-0.25, -0.2) is 0 Å². The molecule has 0 spiro atoms. The highest BCUT2D eigenvalue weighted by molar-refractivity contribution is 6.25. The van der Waals surface area contributed by atoms with Crippen molar-refractivity contribution in [3.63, 3.8) is 0 Å². The summed E-state index contributed by atoms with van der Waals surface area (Å²) in [6, 6.07) is 47.2. The lowest BCUT2D eigenvalue weighted by Crippen LogP contribution is -2.07. The number of fused-ring (bicyclic) bond motifs is 9. The van der Waals surface area contributed by atoms with E-state index in [1.54, 1.807) is 0 Å². The summed E-state index contributed by atoms with van der Waals surface area (Å²) < 4.78 is 9.43. The van der Waals surface area contributed by atoms with Crippen LogP contribution in [-0.2, 0) is 6.42 Å². The van der Waals surface area contributed by atoms with Crippen LogP contribution >= 0.6 is 0 Å². The predicted molar refractivity (Wildman–Crippen MR) is 184 cm³/mol. The second-order valence-corrected chi connectivity index (χ2v) is 12.4. The van der Waals surface area contributed by atoms with Crippen LogP contribution in [0.15, 0.2) is 127 Å². The van der Waals surface area contributed by atoms with Crippen LogP contribution in [0.4, 0.5) is 0 Å². The highest BCUT2D eigenvalue weighted by Crippen LogP contribution is 2.46. The maximum atomic E-state index is 9.43. The molecule has 0 nitrogen and oxygen atoms in total. The molecular weight excluding hydrogens is 516 g/mol. The van der Waals surface area contributed by atoms with Crippen molar-refractivity contribution in [1.82, 2.24) is 0 Å². The SMILES string of the molecule is [2H]C1(c2cccc3c2Cc2c(-c4cccc(-c5ccc6c7ccccc7c7ccccc7c6c5)c4)cccc2-3)CCCCC1. The van der Waals surface area contributed by atoms with Crippen LogP contribution in [0.3, 0.4) is 0 Å². The van der Waals surface area contributed by atoms with Crippen LogP contribution in [0.2, 0.25) is 0 Å². The molecule has 9 rings (SSSR count). The van der Waals surface area contributed by atoms with E-state index in [0.29, 0.717) is 0 Å². The van der Waals surface area contributed by atoms with Gasteiger partial charge >= 0.3 is 0 Å². The van der Waals surface area contributed by atoms with Gasteiger partial charge in [0.05, 0.1) is 0 Å². The zero-order chi connectivity index (χ0) is 29.3. The summed E-state index contributed by atoms with van der Waals surface area (Å²) in [5.74, 6) is -0.447. The van der Waals surface area contributed by atoms with E-state index in [0.717, 1.165) is 19.3 Å². The third-order valence-electron chi connectivity index (χ3n) is 10.1. The topological polar surface area (TPSA) is 0 Å². The summed E-state index contributed by atoms with van der Waals surface area (Å²) in [5, 5.41) is 7.84. The number of rotatable bonds is 3. The molecule has 0 aromatic heterocycles. The summed E-state index contributed by atoms with van der Waals surface area (Å²) in [7, 11) is 0. The lowest BCUT2D eigenvalue weighted by atomic mass is 9.81. The Morgan fingerprint density at radius 1 is 0.419 bits per heavy atom. The molecule has 0 heterocycles. The van der Waals surface area contributed by atoms with Crippen molar-refractivity contribution in [2.24, 2.45) is 0 Å². The van der Waals surface area contributed by atoms with Crippen LogP contribution in [0.5, 0.6) is 0 Å². The van der Waals surface area contributed by atoms with E-state index in [9.17, 15) is 1.37 Å². The lowest BCUT2D eigenvalue weighted by Gasteiger charge is -2.24. The van der Waals surface area contributed by atoms with Gasteiger partial charge in [-0.2, -0.15) is 0 Å². The van der Waals surface area contributed by atoms with Crippen molar-refractivity contribution in [2.45, 2.75) is 44.4 Å². The summed E-state index contributed by atoms with van der Waals surface area (Å²) >= 11 is 0. The smallest absolute Gasteiger partial charge is 0.0352 e. The van der Waals surface area contributed by atoms with Gasteiger partial charge in [0.2, 0.25) is 0 Å². The first-order valence-corrected chi connectivity index (χ1v) is 15.9. The molecule has 7 aromatic carbocycles. The minimum atomic E-state index is -0.447. The zero-order valence-electron chi connectivity index (χ0n) is 25.4. The van der Waals surface area contributed by atoms with E-state index in [4.69, 9.17) is 0 Å². The molecule has 0 unspecified atom stereocenters. The molecule has 0 saturated heterocycles. The lowest BCUT2D eigenvalue weighted by molar-refractivity contribution is 0.442. The minimum Gasteiger partial charge on any atom is -0.0616 e. The van der Waals surface area contributed by atoms with Crippen LogP contribution < -0.4 is 0 Å². The van der Waals surface area contributed by atoms with Crippen LogP contribution in [0.1, 0.15) is 56.1 Å². The van der Waals surface area contributed by atoms with Crippen molar-refractivity contribution >= 4 is 32.3 Å². The first-order valence-electron chi connectivity index (χ1n) is 16.4. The molecule has 206 valence electrons. The van der Waals surface area contributed by atoms with E-state index in [2.05, 4.69) is 127 Å². The Bertz CT molecular complexity index is 2210. The van der Waals surface area contributed by atoms with Crippen molar-refractivity contribution in [1.29, 1.82) is 0 Å². The second kappa shape index (κ2) is 9.96. The predicted octanol–water partition coefficient (Wildman–Crippen LogP) is 12.1. The second-order valence-electron chi connectivity index (χ2n) is 12.4. The first-order chi connectivity index (χ1) is 21.7. The zero-order valence-corrected chi connectivity index (χ0v) is 24.4. The minimum absolute atomic E-state index is 0.447. The maximum Gasteiger partial charge on any atom is 0.0352 e. The van der Waals surface area contributed by atoms with Gasteiger partial charge in [0.1, 0.15) is 0 Å². The third kappa shape index (κ3) is 3.97. The molecule has 0 radical (unpaired) electrons. The van der Waals surface area contributed by atoms with Crippen LogP contribution in [-0.4, -0.2) is 0 Å². The normalized spacial score (nSPS) is 15.9. The van der Waals surface area contributed by atoms with Crippen LogP contribution in [0.25, 0.3) is 65.7 Å². The molecule has 0 aliphatic heterocycles. The standard InChI is InChI=1S/C43H34/c1-2-11-28(12-3-1)32-19-9-21-38-39-22-10-20-33(43(39)27-42(32)38)31-14-8-13-29(25-31)30-23-24-40-36-17-5-4-15-34(36)35-16-6-7-18-37(35)41(40)26-30/h4-10,13-26,28H,1-3,11-12,27H2/i28D. The largest absolute Gasteiger partial charge is 0.0616 e. The Labute approximate surface area is 255 Å². The van der Waals surface area contributed by atoms with Crippen molar-refractivity contribution < 1.29 is 1.37 Å². The van der Waals surface area contributed by atoms with Gasteiger partial charge in [0, 0.05) is 1.37 Å². The molecule has 0 atom stereocenters. The number of benzene rings is 7. The molecular formula is C43H34. The number of hydrogen-bond acceptors (Lipinski definition) is 0. The fourth-order valence-electron chi connectivity index (χ4n) is 8.04. The average Bonchev–Trinajstić information content (AvgIpc) is 3.48. The summed E-state index contributed by atoms with van der Waals surface area (Å²) in [6.45, 7) is 0. The molecule has 0 bridgehead atoms. The third-order valence-corrected chi connectivity index (χ3v) is 10.1. The summed E-state index contributed by atoms with van der Waals surface area (Å²) in [4.78, 5) is 0. The molecule has 2 aliphatic rings. The van der Waals surface area contributed by atoms with E-state index in [1.165, 1.54) is 102 Å². The Hall–Kier alpha value is -4.68. The molecule has 1 saturated carbocycles. The molecule has 0 N–H and O–H groups in total. The van der Waals surface area contributed by atoms with Gasteiger partial charge in [-0.15, -0.1) is 0 Å². The average molecular weight is 552 g/mol. The van der Waals surface area contributed by atoms with E-state index in [-0.39, 0.29) is 0 Å². The van der Waals surface area contributed by atoms with Crippen molar-refractivity contribution in [3.8, 4) is 33.4 Å². The molecule has 0 heteroatoms. The number of hydrogen-bond donors (Lipinski definition) is 0.